The summed E-state index contributed by atoms with van der Waals surface area (Å²) < 4.78 is 21.6. The van der Waals surface area contributed by atoms with E-state index in [1.165, 1.54) is 31.9 Å². The minimum Gasteiger partial charge on any atom is -0.229 e. The molecule has 0 amide bonds. The molecule has 0 aliphatic heterocycles. The summed E-state index contributed by atoms with van der Waals surface area (Å²) in [5.74, 6) is 3.11. The van der Waals surface area contributed by atoms with Crippen LogP contribution in [0, 0.1) is 0 Å². The van der Waals surface area contributed by atoms with Crippen molar-refractivity contribution in [1.29, 1.82) is 0 Å². The largest absolute Gasteiger partial charge is 0.229 e. The van der Waals surface area contributed by atoms with Crippen LogP contribution in [0.4, 0.5) is 0 Å². The predicted molar refractivity (Wildman–Crippen MR) is 69.4 cm³/mol. The molecule has 0 rings (SSSR count). The molecule has 0 aliphatic carbocycles. The third kappa shape index (κ3) is 12.7. The molecule has 0 saturated heterocycles. The lowest BCUT2D eigenvalue weighted by molar-refractivity contribution is 0.603. The highest BCUT2D eigenvalue weighted by molar-refractivity contribution is 8.00. The van der Waals surface area contributed by atoms with Gasteiger partial charge in [-0.05, 0) is 24.3 Å². The highest BCUT2D eigenvalue weighted by atomic mass is 32.2. The van der Waals surface area contributed by atoms with Crippen LogP contribution >= 0.6 is 24.4 Å². The zero-order chi connectivity index (χ0) is 10.9. The van der Waals surface area contributed by atoms with Gasteiger partial charge in [0.15, 0.2) is 0 Å². The molecule has 0 fully saturated rings. The average Bonchev–Trinajstić information content (AvgIpc) is 2.08. The fourth-order valence-electron chi connectivity index (χ4n) is 0.982. The Morgan fingerprint density at radius 3 is 2.29 bits per heavy atom. The molecule has 0 radical (unpaired) electrons. The van der Waals surface area contributed by atoms with Gasteiger partial charge < -0.3 is 0 Å². The molecule has 14 heavy (non-hydrogen) atoms. The summed E-state index contributed by atoms with van der Waals surface area (Å²) in [6.07, 6.45) is 6.17. The summed E-state index contributed by atoms with van der Waals surface area (Å²) in [4.78, 5) is 0. The van der Waals surface area contributed by atoms with Crippen LogP contribution in [0.25, 0.3) is 0 Å². The first-order chi connectivity index (χ1) is 6.56. The maximum Gasteiger partial charge on any atom is 0.148 e. The van der Waals surface area contributed by atoms with E-state index in [2.05, 4.69) is 12.6 Å². The molecule has 0 aromatic rings. The Labute approximate surface area is 97.6 Å². The van der Waals surface area contributed by atoms with Crippen LogP contribution in [0.15, 0.2) is 0 Å². The van der Waals surface area contributed by atoms with Crippen molar-refractivity contribution in [3.63, 3.8) is 0 Å². The van der Waals surface area contributed by atoms with Gasteiger partial charge in [-0.2, -0.15) is 24.4 Å². The number of hydrogen-bond donors (Lipinski definition) is 1. The Balaban J connectivity index is 3.07. The molecule has 0 saturated carbocycles. The van der Waals surface area contributed by atoms with E-state index in [0.29, 0.717) is 5.75 Å². The summed E-state index contributed by atoms with van der Waals surface area (Å²) in [7, 11) is -2.76. The topological polar surface area (TPSA) is 34.1 Å². The highest BCUT2D eigenvalue weighted by Crippen LogP contribution is 2.08. The van der Waals surface area contributed by atoms with Crippen molar-refractivity contribution in [2.75, 3.05) is 29.3 Å². The van der Waals surface area contributed by atoms with Crippen molar-refractivity contribution < 1.29 is 8.42 Å². The van der Waals surface area contributed by atoms with Crippen LogP contribution in [0.5, 0.6) is 0 Å². The zero-order valence-corrected chi connectivity index (χ0v) is 11.3. The smallest absolute Gasteiger partial charge is 0.148 e. The van der Waals surface area contributed by atoms with E-state index in [-0.39, 0.29) is 0 Å². The van der Waals surface area contributed by atoms with Gasteiger partial charge in [-0.1, -0.05) is 12.8 Å². The number of rotatable bonds is 9. The Morgan fingerprint density at radius 1 is 1.07 bits per heavy atom. The molecular weight excluding hydrogens is 236 g/mol. The number of hydrogen-bond acceptors (Lipinski definition) is 4. The van der Waals surface area contributed by atoms with Crippen LogP contribution in [0.3, 0.4) is 0 Å². The van der Waals surface area contributed by atoms with E-state index < -0.39 is 9.84 Å². The van der Waals surface area contributed by atoms with Gasteiger partial charge in [0.1, 0.15) is 9.84 Å². The van der Waals surface area contributed by atoms with Crippen LogP contribution < -0.4 is 0 Å². The van der Waals surface area contributed by atoms with Crippen molar-refractivity contribution in [2.24, 2.45) is 0 Å². The van der Waals surface area contributed by atoms with Crippen LogP contribution in [-0.2, 0) is 9.84 Å². The van der Waals surface area contributed by atoms with Crippen LogP contribution in [-0.4, -0.2) is 37.7 Å². The molecule has 0 atom stereocenters. The van der Waals surface area contributed by atoms with E-state index in [0.717, 1.165) is 17.3 Å². The summed E-state index contributed by atoms with van der Waals surface area (Å²) in [6.45, 7) is 0. The van der Waals surface area contributed by atoms with Crippen molar-refractivity contribution in [1.82, 2.24) is 0 Å². The lowest BCUT2D eigenvalue weighted by atomic mass is 10.2. The van der Waals surface area contributed by atoms with Gasteiger partial charge in [-0.3, -0.25) is 0 Å². The van der Waals surface area contributed by atoms with Crippen molar-refractivity contribution >= 4 is 34.2 Å². The third-order valence-electron chi connectivity index (χ3n) is 1.80. The summed E-state index contributed by atoms with van der Waals surface area (Å²) >= 11 is 5.88. The first-order valence-electron chi connectivity index (χ1n) is 4.92. The van der Waals surface area contributed by atoms with E-state index >= 15 is 0 Å². The van der Waals surface area contributed by atoms with Crippen molar-refractivity contribution in [3.8, 4) is 0 Å². The van der Waals surface area contributed by atoms with E-state index in [4.69, 9.17) is 0 Å². The molecule has 0 N–H and O–H groups in total. The lowest BCUT2D eigenvalue weighted by Crippen LogP contribution is -2.05. The number of unbranched alkanes of at least 4 members (excludes halogenated alkanes) is 3. The number of thiol groups is 1. The Hall–Kier alpha value is 0.650. The molecule has 0 bridgehead atoms. The molecule has 0 aromatic heterocycles. The predicted octanol–water partition coefficient (Wildman–Crippen LogP) is 2.25. The maximum atomic E-state index is 10.8. The Bertz CT molecular complexity index is 212. The van der Waals surface area contributed by atoms with Gasteiger partial charge in [0.2, 0.25) is 0 Å². The number of thioether (sulfide) groups is 1. The molecule has 0 aliphatic rings. The monoisotopic (exact) mass is 256 g/mol. The maximum absolute atomic E-state index is 10.8. The van der Waals surface area contributed by atoms with Crippen molar-refractivity contribution in [2.45, 2.75) is 25.7 Å². The van der Waals surface area contributed by atoms with E-state index in [9.17, 15) is 8.42 Å². The summed E-state index contributed by atoms with van der Waals surface area (Å²) in [5, 5.41) is 0. The minimum atomic E-state index is -2.76. The molecule has 0 spiro atoms. The highest BCUT2D eigenvalue weighted by Gasteiger charge is 2.00. The normalized spacial score (nSPS) is 11.9. The molecule has 2 nitrogen and oxygen atoms in total. The second-order valence-corrected chi connectivity index (χ2v) is 7.31. The summed E-state index contributed by atoms with van der Waals surface area (Å²) in [5.41, 5.74) is 0. The van der Waals surface area contributed by atoms with E-state index in [1.54, 1.807) is 11.8 Å². The van der Waals surface area contributed by atoms with Crippen LogP contribution in [0.2, 0.25) is 0 Å². The van der Waals surface area contributed by atoms with Gasteiger partial charge in [0, 0.05) is 12.0 Å². The van der Waals surface area contributed by atoms with Crippen LogP contribution in [0.1, 0.15) is 25.7 Å². The standard InChI is InChI=1S/C9H20O2S3/c1-14(10,11)9-8-13-7-5-3-2-4-6-12/h12H,2-9H2,1H3. The molecule has 86 valence electrons. The first kappa shape index (κ1) is 14.6. The molecule has 5 heteroatoms. The zero-order valence-electron chi connectivity index (χ0n) is 8.74. The lowest BCUT2D eigenvalue weighted by Gasteiger charge is -2.00. The van der Waals surface area contributed by atoms with Crippen molar-refractivity contribution in [3.05, 3.63) is 0 Å². The molecule has 0 aromatic carbocycles. The summed E-state index contributed by atoms with van der Waals surface area (Å²) in [6, 6.07) is 0. The Morgan fingerprint density at radius 2 is 1.71 bits per heavy atom. The molecule has 0 heterocycles. The quantitative estimate of drug-likeness (QED) is 0.507. The van der Waals surface area contributed by atoms with Gasteiger partial charge in [0.25, 0.3) is 0 Å². The van der Waals surface area contributed by atoms with Gasteiger partial charge in [-0.25, -0.2) is 8.42 Å². The average molecular weight is 256 g/mol. The van der Waals surface area contributed by atoms with Gasteiger partial charge in [0.05, 0.1) is 5.75 Å². The SMILES string of the molecule is CS(=O)(=O)CCSCCCCCCS. The fourth-order valence-corrected chi connectivity index (χ4v) is 3.50. The van der Waals surface area contributed by atoms with Gasteiger partial charge in [-0.15, -0.1) is 0 Å². The second-order valence-electron chi connectivity index (χ2n) is 3.38. The van der Waals surface area contributed by atoms with E-state index in [1.807, 2.05) is 0 Å². The first-order valence-corrected chi connectivity index (χ1v) is 8.77. The Kier molecular flexibility index (Phi) is 9.33. The molecule has 0 unspecified atom stereocenters. The number of sulfone groups is 1. The second kappa shape index (κ2) is 8.92. The third-order valence-corrected chi connectivity index (χ3v) is 4.39. The minimum absolute atomic E-state index is 0.314. The fraction of sp³-hybridized carbons (Fsp3) is 1.00. The van der Waals surface area contributed by atoms with Gasteiger partial charge >= 0.3 is 0 Å². The molecular formula is C9H20O2S3.